The SMILES string of the molecule is CCOC(=O)C1CC2=C3C=CC=CC3NC2CCN1. The fourth-order valence-corrected chi connectivity index (χ4v) is 3.13. The smallest absolute Gasteiger partial charge is 0.323 e. The lowest BCUT2D eigenvalue weighted by Gasteiger charge is -2.16. The van der Waals surface area contributed by atoms with Crippen molar-refractivity contribution in [3.05, 3.63) is 35.5 Å². The highest BCUT2D eigenvalue weighted by Crippen LogP contribution is 2.32. The van der Waals surface area contributed by atoms with E-state index in [-0.39, 0.29) is 12.0 Å². The van der Waals surface area contributed by atoms with Crippen molar-refractivity contribution in [2.45, 2.75) is 37.9 Å². The molecular formula is C15H20N2O2. The number of esters is 1. The number of carbonyl (C=O) groups excluding carboxylic acids is 1. The van der Waals surface area contributed by atoms with Crippen LogP contribution in [0.3, 0.4) is 0 Å². The van der Waals surface area contributed by atoms with Gasteiger partial charge < -0.3 is 15.4 Å². The maximum absolute atomic E-state index is 11.9. The molecule has 0 spiro atoms. The molecular weight excluding hydrogens is 240 g/mol. The second kappa shape index (κ2) is 5.31. The molecule has 19 heavy (non-hydrogen) atoms. The van der Waals surface area contributed by atoms with Crippen LogP contribution in [0.5, 0.6) is 0 Å². The largest absolute Gasteiger partial charge is 0.465 e. The average molecular weight is 260 g/mol. The Labute approximate surface area is 113 Å². The standard InChI is InChI=1S/C15H20N2O2/c1-2-19-15(18)14-9-11-10-5-3-4-6-12(10)17-13(11)7-8-16-14/h3-6,12-14,16-17H,2,7-9H2,1H3. The summed E-state index contributed by atoms with van der Waals surface area (Å²) in [5.41, 5.74) is 2.71. The van der Waals surface area contributed by atoms with Crippen molar-refractivity contribution in [1.82, 2.24) is 10.6 Å². The Hall–Kier alpha value is -1.39. The Morgan fingerprint density at radius 2 is 2.37 bits per heavy atom. The molecule has 1 aliphatic carbocycles. The monoisotopic (exact) mass is 260 g/mol. The quantitative estimate of drug-likeness (QED) is 0.729. The first kappa shape index (κ1) is 12.6. The molecule has 2 aliphatic heterocycles. The summed E-state index contributed by atoms with van der Waals surface area (Å²) in [5.74, 6) is -0.130. The second-order valence-electron chi connectivity index (χ2n) is 5.17. The Kier molecular flexibility index (Phi) is 3.53. The molecule has 2 heterocycles. The minimum absolute atomic E-state index is 0.130. The number of ether oxygens (including phenoxy) is 1. The maximum atomic E-state index is 11.9. The van der Waals surface area contributed by atoms with Crippen LogP contribution < -0.4 is 10.6 Å². The van der Waals surface area contributed by atoms with E-state index in [0.29, 0.717) is 18.7 Å². The first-order chi connectivity index (χ1) is 9.29. The van der Waals surface area contributed by atoms with Crippen molar-refractivity contribution >= 4 is 5.97 Å². The molecule has 0 aromatic heterocycles. The van der Waals surface area contributed by atoms with Gasteiger partial charge in [0.1, 0.15) is 6.04 Å². The number of fused-ring (bicyclic) bond motifs is 2. The molecule has 0 aromatic rings. The highest BCUT2D eigenvalue weighted by atomic mass is 16.5. The molecule has 4 heteroatoms. The van der Waals surface area contributed by atoms with E-state index in [0.717, 1.165) is 19.4 Å². The minimum Gasteiger partial charge on any atom is -0.465 e. The van der Waals surface area contributed by atoms with Crippen molar-refractivity contribution < 1.29 is 9.53 Å². The molecule has 1 fully saturated rings. The third-order valence-electron chi connectivity index (χ3n) is 4.02. The molecule has 0 bridgehead atoms. The van der Waals surface area contributed by atoms with Crippen LogP contribution in [0.2, 0.25) is 0 Å². The molecule has 2 N–H and O–H groups in total. The highest BCUT2D eigenvalue weighted by molar-refractivity contribution is 5.76. The van der Waals surface area contributed by atoms with Crippen molar-refractivity contribution in [3.63, 3.8) is 0 Å². The van der Waals surface area contributed by atoms with Gasteiger partial charge in [-0.15, -0.1) is 0 Å². The lowest BCUT2D eigenvalue weighted by atomic mass is 9.94. The van der Waals surface area contributed by atoms with Crippen LogP contribution in [0.25, 0.3) is 0 Å². The van der Waals surface area contributed by atoms with Crippen LogP contribution >= 0.6 is 0 Å². The zero-order chi connectivity index (χ0) is 13.2. The Morgan fingerprint density at radius 3 is 3.21 bits per heavy atom. The summed E-state index contributed by atoms with van der Waals surface area (Å²) in [6.45, 7) is 3.13. The van der Waals surface area contributed by atoms with E-state index in [1.165, 1.54) is 11.1 Å². The number of hydrogen-bond donors (Lipinski definition) is 2. The van der Waals surface area contributed by atoms with Gasteiger partial charge in [-0.3, -0.25) is 4.79 Å². The van der Waals surface area contributed by atoms with Crippen LogP contribution in [0.4, 0.5) is 0 Å². The van der Waals surface area contributed by atoms with E-state index < -0.39 is 0 Å². The highest BCUT2D eigenvalue weighted by Gasteiger charge is 2.35. The second-order valence-corrected chi connectivity index (χ2v) is 5.17. The molecule has 1 saturated heterocycles. The van der Waals surface area contributed by atoms with E-state index in [1.54, 1.807) is 0 Å². The van der Waals surface area contributed by atoms with E-state index >= 15 is 0 Å². The van der Waals surface area contributed by atoms with E-state index in [4.69, 9.17) is 4.74 Å². The van der Waals surface area contributed by atoms with Crippen molar-refractivity contribution in [1.29, 1.82) is 0 Å². The fraction of sp³-hybridized carbons (Fsp3) is 0.533. The molecule has 0 amide bonds. The molecule has 3 rings (SSSR count). The summed E-state index contributed by atoms with van der Waals surface area (Å²) in [6.07, 6.45) is 10.3. The molecule has 4 nitrogen and oxygen atoms in total. The lowest BCUT2D eigenvalue weighted by Crippen LogP contribution is -2.38. The summed E-state index contributed by atoms with van der Waals surface area (Å²) in [5, 5.41) is 6.92. The number of carbonyl (C=O) groups is 1. The zero-order valence-corrected chi connectivity index (χ0v) is 11.2. The number of allylic oxidation sites excluding steroid dienone is 2. The Bertz CT molecular complexity index is 465. The summed E-state index contributed by atoms with van der Waals surface area (Å²) >= 11 is 0. The molecule has 3 unspecified atom stereocenters. The average Bonchev–Trinajstić information content (AvgIpc) is 2.63. The molecule has 0 aromatic carbocycles. The zero-order valence-electron chi connectivity index (χ0n) is 11.2. The lowest BCUT2D eigenvalue weighted by molar-refractivity contribution is -0.145. The van der Waals surface area contributed by atoms with Gasteiger partial charge >= 0.3 is 5.97 Å². The number of nitrogens with one attached hydrogen (secondary N) is 2. The predicted octanol–water partition coefficient (Wildman–Crippen LogP) is 1.06. The summed E-state index contributed by atoms with van der Waals surface area (Å²) < 4.78 is 5.14. The van der Waals surface area contributed by atoms with Crippen LogP contribution in [0.15, 0.2) is 35.5 Å². The molecule has 3 aliphatic rings. The van der Waals surface area contributed by atoms with Gasteiger partial charge in [0.15, 0.2) is 0 Å². The molecule has 0 saturated carbocycles. The van der Waals surface area contributed by atoms with Gasteiger partial charge in [0.2, 0.25) is 0 Å². The molecule has 102 valence electrons. The third kappa shape index (κ3) is 2.38. The van der Waals surface area contributed by atoms with Gasteiger partial charge in [-0.1, -0.05) is 24.3 Å². The summed E-state index contributed by atoms with van der Waals surface area (Å²) in [6, 6.07) is 0.512. The Balaban J connectivity index is 1.83. The van der Waals surface area contributed by atoms with E-state index in [9.17, 15) is 4.79 Å². The van der Waals surface area contributed by atoms with Crippen LogP contribution in [-0.2, 0) is 9.53 Å². The summed E-state index contributed by atoms with van der Waals surface area (Å²) in [4.78, 5) is 11.9. The molecule has 0 radical (unpaired) electrons. The normalized spacial score (nSPS) is 32.8. The topological polar surface area (TPSA) is 50.4 Å². The van der Waals surface area contributed by atoms with Crippen LogP contribution in [-0.4, -0.2) is 37.2 Å². The third-order valence-corrected chi connectivity index (χ3v) is 4.02. The Morgan fingerprint density at radius 1 is 1.47 bits per heavy atom. The number of hydrogen-bond acceptors (Lipinski definition) is 4. The first-order valence-electron chi connectivity index (χ1n) is 7.03. The van der Waals surface area contributed by atoms with Crippen molar-refractivity contribution in [3.8, 4) is 0 Å². The first-order valence-corrected chi connectivity index (χ1v) is 7.03. The van der Waals surface area contributed by atoms with Gasteiger partial charge in [-0.25, -0.2) is 0 Å². The minimum atomic E-state index is -0.202. The van der Waals surface area contributed by atoms with Crippen molar-refractivity contribution in [2.24, 2.45) is 0 Å². The van der Waals surface area contributed by atoms with Gasteiger partial charge in [0.25, 0.3) is 0 Å². The van der Waals surface area contributed by atoms with Gasteiger partial charge in [-0.05, 0) is 37.5 Å². The maximum Gasteiger partial charge on any atom is 0.323 e. The number of rotatable bonds is 2. The van der Waals surface area contributed by atoms with Crippen LogP contribution in [0.1, 0.15) is 19.8 Å². The van der Waals surface area contributed by atoms with Crippen molar-refractivity contribution in [2.75, 3.05) is 13.2 Å². The van der Waals surface area contributed by atoms with Gasteiger partial charge in [-0.2, -0.15) is 0 Å². The van der Waals surface area contributed by atoms with Gasteiger partial charge in [0.05, 0.1) is 12.6 Å². The summed E-state index contributed by atoms with van der Waals surface area (Å²) in [7, 11) is 0. The van der Waals surface area contributed by atoms with Crippen LogP contribution in [0, 0.1) is 0 Å². The molecule has 3 atom stereocenters. The van der Waals surface area contributed by atoms with E-state index in [2.05, 4.69) is 34.9 Å². The van der Waals surface area contributed by atoms with Gasteiger partial charge in [0, 0.05) is 6.04 Å². The fourth-order valence-electron chi connectivity index (χ4n) is 3.13. The predicted molar refractivity (Wildman–Crippen MR) is 73.7 cm³/mol. The van der Waals surface area contributed by atoms with E-state index in [1.807, 2.05) is 6.92 Å².